The van der Waals surface area contributed by atoms with E-state index in [1.165, 1.54) is 6.07 Å². The molecule has 2 aromatic rings. The van der Waals surface area contributed by atoms with Gasteiger partial charge in [-0.25, -0.2) is 13.8 Å². The standard InChI is InChI=1S/C27H32BF2NO5/c1-25(2,3)34-24(32)23-16-8-14-10-21(31-12-17(14)22(16)23)33-13-15-9-18(20(30)11-19(15)29)28-35-26(4,5)27(6,7)36-28/h9-12,16,22-23H,8,13H2,1-7H3/t16?,22-,23?/m1/s1. The van der Waals surface area contributed by atoms with E-state index in [1.54, 1.807) is 6.20 Å². The fraction of sp³-hybridized carbons (Fsp3) is 0.556. The van der Waals surface area contributed by atoms with Gasteiger partial charge in [-0.05, 0) is 78.0 Å². The first kappa shape index (κ1) is 25.1. The Morgan fingerprint density at radius 1 is 1.11 bits per heavy atom. The Morgan fingerprint density at radius 2 is 1.78 bits per heavy atom. The van der Waals surface area contributed by atoms with Crippen LogP contribution in [0.3, 0.4) is 0 Å². The van der Waals surface area contributed by atoms with Gasteiger partial charge in [0.25, 0.3) is 0 Å². The van der Waals surface area contributed by atoms with Crippen LogP contribution in [-0.2, 0) is 31.9 Å². The first-order valence-electron chi connectivity index (χ1n) is 12.3. The zero-order valence-electron chi connectivity index (χ0n) is 21.8. The molecule has 1 saturated heterocycles. The molecule has 1 saturated carbocycles. The molecule has 0 amide bonds. The number of esters is 1. The minimum absolute atomic E-state index is 0.119. The van der Waals surface area contributed by atoms with Crippen molar-refractivity contribution in [3.63, 3.8) is 0 Å². The van der Waals surface area contributed by atoms with Crippen molar-refractivity contribution in [1.82, 2.24) is 4.98 Å². The summed E-state index contributed by atoms with van der Waals surface area (Å²) in [6.07, 6.45) is 2.48. The summed E-state index contributed by atoms with van der Waals surface area (Å²) in [5.74, 6) is -1.01. The van der Waals surface area contributed by atoms with Crippen LogP contribution in [0.5, 0.6) is 5.88 Å². The fourth-order valence-electron chi connectivity index (χ4n) is 5.06. The number of pyridine rings is 1. The lowest BCUT2D eigenvalue weighted by Gasteiger charge is -2.32. The van der Waals surface area contributed by atoms with Crippen molar-refractivity contribution in [2.45, 2.75) is 84.2 Å². The van der Waals surface area contributed by atoms with Gasteiger partial charge in [0.15, 0.2) is 0 Å². The summed E-state index contributed by atoms with van der Waals surface area (Å²) in [5, 5.41) is 0. The second kappa shape index (κ2) is 8.25. The van der Waals surface area contributed by atoms with Crippen LogP contribution in [0.2, 0.25) is 0 Å². The summed E-state index contributed by atoms with van der Waals surface area (Å²) in [6.45, 7) is 13.0. The van der Waals surface area contributed by atoms with E-state index in [0.717, 1.165) is 23.6 Å². The maximum absolute atomic E-state index is 14.6. The Kier molecular flexibility index (Phi) is 5.76. The lowest BCUT2D eigenvalue weighted by atomic mass is 9.78. The highest BCUT2D eigenvalue weighted by molar-refractivity contribution is 6.62. The third-order valence-electron chi connectivity index (χ3n) is 7.71. The molecule has 2 heterocycles. The number of aromatic nitrogens is 1. The molecular formula is C27H32BF2NO5. The summed E-state index contributed by atoms with van der Waals surface area (Å²) in [5.41, 5.74) is 0.621. The van der Waals surface area contributed by atoms with Gasteiger partial charge in [-0.2, -0.15) is 0 Å². The van der Waals surface area contributed by atoms with Crippen molar-refractivity contribution in [1.29, 1.82) is 0 Å². The number of rotatable bonds is 5. The van der Waals surface area contributed by atoms with Crippen LogP contribution in [0.1, 0.15) is 71.1 Å². The summed E-state index contributed by atoms with van der Waals surface area (Å²) >= 11 is 0. The molecule has 2 fully saturated rings. The smallest absolute Gasteiger partial charge is 0.473 e. The number of nitrogens with zero attached hydrogens (tertiary/aromatic N) is 1. The van der Waals surface area contributed by atoms with Gasteiger partial charge in [-0.1, -0.05) is 0 Å². The van der Waals surface area contributed by atoms with Gasteiger partial charge in [0.1, 0.15) is 23.8 Å². The number of hydrogen-bond acceptors (Lipinski definition) is 6. The minimum atomic E-state index is -0.947. The average molecular weight is 499 g/mol. The number of hydrogen-bond donors (Lipinski definition) is 0. The Hall–Kier alpha value is -2.52. The number of carbonyl (C=O) groups excluding carboxylic acids is 1. The number of ether oxygens (including phenoxy) is 2. The molecule has 0 N–H and O–H groups in total. The predicted molar refractivity (Wildman–Crippen MR) is 130 cm³/mol. The number of carbonyl (C=O) groups is 1. The van der Waals surface area contributed by atoms with Gasteiger partial charge < -0.3 is 18.8 Å². The van der Waals surface area contributed by atoms with E-state index in [4.69, 9.17) is 18.8 Å². The largest absolute Gasteiger partial charge is 0.497 e. The zero-order valence-corrected chi connectivity index (χ0v) is 21.8. The maximum Gasteiger partial charge on any atom is 0.497 e. The quantitative estimate of drug-likeness (QED) is 0.447. The Bertz CT molecular complexity index is 1210. The topological polar surface area (TPSA) is 66.9 Å². The lowest BCUT2D eigenvalue weighted by molar-refractivity contribution is -0.157. The monoisotopic (exact) mass is 499 g/mol. The first-order valence-corrected chi connectivity index (χ1v) is 12.3. The van der Waals surface area contributed by atoms with E-state index in [1.807, 2.05) is 54.5 Å². The molecule has 0 bridgehead atoms. The van der Waals surface area contributed by atoms with Gasteiger partial charge in [0, 0.05) is 35.3 Å². The number of halogens is 2. The predicted octanol–water partition coefficient (Wildman–Crippen LogP) is 4.47. The van der Waals surface area contributed by atoms with Crippen LogP contribution in [0.15, 0.2) is 24.4 Å². The van der Waals surface area contributed by atoms with Gasteiger partial charge >= 0.3 is 13.1 Å². The van der Waals surface area contributed by atoms with Crippen LogP contribution >= 0.6 is 0 Å². The third-order valence-corrected chi connectivity index (χ3v) is 7.71. The number of benzene rings is 1. The SMILES string of the molecule is CC(C)(C)OC(=O)C1C2Cc3cc(OCc4cc(B5OC(C)(C)C(C)(C)O5)c(F)cc4F)ncc3[C@@H]21. The molecule has 1 aromatic carbocycles. The molecule has 3 atom stereocenters. The molecule has 3 aliphatic rings. The van der Waals surface area contributed by atoms with Crippen LogP contribution in [-0.4, -0.2) is 34.9 Å². The molecule has 1 aromatic heterocycles. The van der Waals surface area contributed by atoms with Crippen molar-refractivity contribution < 1.29 is 32.4 Å². The second-order valence-electron chi connectivity index (χ2n) is 12.0. The van der Waals surface area contributed by atoms with E-state index in [0.29, 0.717) is 5.88 Å². The molecule has 9 heteroatoms. The molecule has 1 aliphatic heterocycles. The van der Waals surface area contributed by atoms with E-state index in [9.17, 15) is 13.6 Å². The van der Waals surface area contributed by atoms with Gasteiger partial charge in [-0.15, -0.1) is 0 Å². The zero-order chi connectivity index (χ0) is 26.2. The Morgan fingerprint density at radius 3 is 2.42 bits per heavy atom. The Balaban J connectivity index is 1.27. The van der Waals surface area contributed by atoms with E-state index in [2.05, 4.69) is 4.98 Å². The summed E-state index contributed by atoms with van der Waals surface area (Å²) < 4.78 is 52.4. The van der Waals surface area contributed by atoms with Crippen molar-refractivity contribution >= 4 is 18.6 Å². The fourth-order valence-corrected chi connectivity index (χ4v) is 5.06. The highest BCUT2D eigenvalue weighted by Crippen LogP contribution is 2.62. The highest BCUT2D eigenvalue weighted by atomic mass is 19.1. The summed E-state index contributed by atoms with van der Waals surface area (Å²) in [4.78, 5) is 16.8. The molecule has 0 spiro atoms. The molecule has 192 valence electrons. The van der Waals surface area contributed by atoms with Gasteiger partial charge in [0.2, 0.25) is 5.88 Å². The summed E-state index contributed by atoms with van der Waals surface area (Å²) in [7, 11) is -0.947. The third kappa shape index (κ3) is 4.41. The summed E-state index contributed by atoms with van der Waals surface area (Å²) in [6, 6.07) is 4.06. The van der Waals surface area contributed by atoms with E-state index in [-0.39, 0.29) is 41.4 Å². The second-order valence-corrected chi connectivity index (χ2v) is 12.0. The molecule has 5 rings (SSSR count). The lowest BCUT2D eigenvalue weighted by Crippen LogP contribution is -2.41. The maximum atomic E-state index is 14.6. The number of fused-ring (bicyclic) bond motifs is 3. The van der Waals surface area contributed by atoms with Crippen LogP contribution < -0.4 is 10.2 Å². The van der Waals surface area contributed by atoms with Crippen molar-refractivity contribution in [2.75, 3.05) is 0 Å². The van der Waals surface area contributed by atoms with Gasteiger partial charge in [0.05, 0.1) is 17.1 Å². The molecule has 6 nitrogen and oxygen atoms in total. The molecule has 2 unspecified atom stereocenters. The van der Waals surface area contributed by atoms with Crippen molar-refractivity contribution in [2.24, 2.45) is 11.8 Å². The molecule has 0 radical (unpaired) electrons. The van der Waals surface area contributed by atoms with E-state index >= 15 is 0 Å². The normalized spacial score (nSPS) is 25.4. The van der Waals surface area contributed by atoms with Crippen LogP contribution in [0.25, 0.3) is 0 Å². The molecule has 2 aliphatic carbocycles. The minimum Gasteiger partial charge on any atom is -0.473 e. The Labute approximate surface area is 210 Å². The first-order chi connectivity index (χ1) is 16.7. The van der Waals surface area contributed by atoms with Crippen LogP contribution in [0, 0.1) is 23.5 Å². The van der Waals surface area contributed by atoms with Gasteiger partial charge in [-0.3, -0.25) is 4.79 Å². The average Bonchev–Trinajstić information content (AvgIpc) is 3.25. The van der Waals surface area contributed by atoms with Crippen LogP contribution in [0.4, 0.5) is 8.78 Å². The molecule has 36 heavy (non-hydrogen) atoms. The van der Waals surface area contributed by atoms with E-state index < -0.39 is 35.6 Å². The van der Waals surface area contributed by atoms with Crippen molar-refractivity contribution in [3.8, 4) is 5.88 Å². The molecular weight excluding hydrogens is 467 g/mol. The van der Waals surface area contributed by atoms with Crippen molar-refractivity contribution in [3.05, 3.63) is 52.7 Å². The highest BCUT2D eigenvalue weighted by Gasteiger charge is 2.61.